The Labute approximate surface area is 109 Å². The minimum atomic E-state index is -4.75. The normalized spacial score (nSPS) is 13.9. The Morgan fingerprint density at radius 1 is 1.10 bits per heavy atom. The van der Waals surface area contributed by atoms with E-state index in [1.807, 2.05) is 0 Å². The first-order chi connectivity index (χ1) is 9.01. The molecular formula is C11H10F6N2O. The van der Waals surface area contributed by atoms with Crippen molar-refractivity contribution in [1.82, 2.24) is 0 Å². The highest BCUT2D eigenvalue weighted by molar-refractivity contribution is 5.80. The average Bonchev–Trinajstić information content (AvgIpc) is 2.26. The van der Waals surface area contributed by atoms with Crippen LogP contribution in [0.2, 0.25) is 0 Å². The van der Waals surface area contributed by atoms with Crippen molar-refractivity contribution >= 4 is 5.84 Å². The number of hydrogen-bond acceptors (Lipinski definition) is 2. The third-order valence-corrected chi connectivity index (χ3v) is 2.37. The van der Waals surface area contributed by atoms with Gasteiger partial charge in [0.15, 0.2) is 0 Å². The van der Waals surface area contributed by atoms with Gasteiger partial charge < -0.3 is 10.5 Å². The summed E-state index contributed by atoms with van der Waals surface area (Å²) in [6, 6.07) is 3.17. The Morgan fingerprint density at radius 2 is 1.60 bits per heavy atom. The van der Waals surface area contributed by atoms with Crippen LogP contribution in [-0.4, -0.2) is 18.6 Å². The van der Waals surface area contributed by atoms with Gasteiger partial charge in [0.1, 0.15) is 24.1 Å². The van der Waals surface area contributed by atoms with Gasteiger partial charge in [-0.1, -0.05) is 0 Å². The molecule has 9 heteroatoms. The molecule has 0 bridgehead atoms. The quantitative estimate of drug-likeness (QED) is 0.509. The number of halogens is 6. The summed E-state index contributed by atoms with van der Waals surface area (Å²) in [6.45, 7) is -0.968. The van der Waals surface area contributed by atoms with Crippen LogP contribution in [0.15, 0.2) is 24.3 Å². The molecule has 1 aromatic carbocycles. The van der Waals surface area contributed by atoms with Crippen LogP contribution in [0.5, 0.6) is 5.75 Å². The largest absolute Gasteiger partial charge is 0.492 e. The zero-order chi connectivity index (χ0) is 15.6. The lowest BCUT2D eigenvalue weighted by Gasteiger charge is -2.19. The first kappa shape index (κ1) is 16.1. The number of ether oxygens (including phenoxy) is 1. The fourth-order valence-corrected chi connectivity index (χ4v) is 1.28. The molecule has 1 unspecified atom stereocenters. The van der Waals surface area contributed by atoms with Gasteiger partial charge in [-0.05, 0) is 24.3 Å². The van der Waals surface area contributed by atoms with E-state index in [9.17, 15) is 26.3 Å². The van der Waals surface area contributed by atoms with Crippen molar-refractivity contribution in [3.63, 3.8) is 0 Å². The van der Waals surface area contributed by atoms with Crippen LogP contribution in [0.4, 0.5) is 26.3 Å². The van der Waals surface area contributed by atoms with Gasteiger partial charge in [0, 0.05) is 0 Å². The lowest BCUT2D eigenvalue weighted by atomic mass is 10.1. The fraction of sp³-hybridized carbons (Fsp3) is 0.364. The molecule has 0 saturated heterocycles. The molecule has 0 aromatic heterocycles. The maximum atomic E-state index is 12.4. The Hall–Kier alpha value is -1.93. The highest BCUT2D eigenvalue weighted by Gasteiger charge is 2.42. The maximum absolute atomic E-state index is 12.4. The molecule has 0 fully saturated rings. The maximum Gasteiger partial charge on any atom is 0.416 e. The highest BCUT2D eigenvalue weighted by Crippen LogP contribution is 2.31. The van der Waals surface area contributed by atoms with Gasteiger partial charge in [0.05, 0.1) is 5.56 Å². The number of hydrogen-bond donors (Lipinski definition) is 2. The van der Waals surface area contributed by atoms with Gasteiger partial charge in [-0.3, -0.25) is 5.41 Å². The highest BCUT2D eigenvalue weighted by atomic mass is 19.4. The van der Waals surface area contributed by atoms with Crippen LogP contribution in [-0.2, 0) is 6.18 Å². The minimum Gasteiger partial charge on any atom is -0.492 e. The smallest absolute Gasteiger partial charge is 0.416 e. The van der Waals surface area contributed by atoms with Crippen LogP contribution < -0.4 is 10.5 Å². The monoisotopic (exact) mass is 300 g/mol. The molecule has 0 aliphatic heterocycles. The predicted molar refractivity (Wildman–Crippen MR) is 58.4 cm³/mol. The van der Waals surface area contributed by atoms with Crippen LogP contribution in [0.3, 0.4) is 0 Å². The molecule has 20 heavy (non-hydrogen) atoms. The van der Waals surface area contributed by atoms with Crippen molar-refractivity contribution in [3.8, 4) is 5.75 Å². The molecule has 3 N–H and O–H groups in total. The predicted octanol–water partition coefficient (Wildman–Crippen LogP) is 3.20. The summed E-state index contributed by atoms with van der Waals surface area (Å²) in [5, 5.41) is 6.82. The number of benzene rings is 1. The van der Waals surface area contributed by atoms with Crippen molar-refractivity contribution < 1.29 is 31.1 Å². The number of amidine groups is 1. The second-order valence-electron chi connectivity index (χ2n) is 3.88. The van der Waals surface area contributed by atoms with Crippen LogP contribution >= 0.6 is 0 Å². The van der Waals surface area contributed by atoms with Crippen LogP contribution in [0.1, 0.15) is 5.56 Å². The molecule has 1 aromatic rings. The summed E-state index contributed by atoms with van der Waals surface area (Å²) in [5.74, 6) is -3.59. The van der Waals surface area contributed by atoms with E-state index in [0.717, 1.165) is 12.1 Å². The Morgan fingerprint density at radius 3 is 1.95 bits per heavy atom. The van der Waals surface area contributed by atoms with E-state index in [0.29, 0.717) is 12.1 Å². The number of nitrogens with two attached hydrogens (primary N) is 1. The summed E-state index contributed by atoms with van der Waals surface area (Å²) >= 11 is 0. The Kier molecular flexibility index (Phi) is 4.51. The minimum absolute atomic E-state index is 0.173. The first-order valence-corrected chi connectivity index (χ1v) is 5.22. The summed E-state index contributed by atoms with van der Waals surface area (Å²) in [5.41, 5.74) is 3.86. The van der Waals surface area contributed by atoms with E-state index < -0.39 is 36.3 Å². The molecule has 0 radical (unpaired) electrons. The average molecular weight is 300 g/mol. The SMILES string of the molecule is N=C(N)C(COc1ccc(C(F)(F)F)cc1)C(F)(F)F. The topological polar surface area (TPSA) is 59.1 Å². The van der Waals surface area contributed by atoms with Gasteiger partial charge in [-0.15, -0.1) is 0 Å². The third kappa shape index (κ3) is 4.32. The Balaban J connectivity index is 2.73. The van der Waals surface area contributed by atoms with Crippen molar-refractivity contribution in [2.24, 2.45) is 11.7 Å². The summed E-state index contributed by atoms with van der Waals surface area (Å²) in [7, 11) is 0. The van der Waals surface area contributed by atoms with Gasteiger partial charge in [0.2, 0.25) is 0 Å². The van der Waals surface area contributed by atoms with E-state index in [4.69, 9.17) is 15.9 Å². The van der Waals surface area contributed by atoms with Crippen LogP contribution in [0.25, 0.3) is 0 Å². The molecule has 0 amide bonds. The van der Waals surface area contributed by atoms with Gasteiger partial charge in [-0.2, -0.15) is 26.3 Å². The van der Waals surface area contributed by atoms with Gasteiger partial charge in [0.25, 0.3) is 0 Å². The molecule has 3 nitrogen and oxygen atoms in total. The van der Waals surface area contributed by atoms with E-state index in [2.05, 4.69) is 0 Å². The lowest BCUT2D eigenvalue weighted by molar-refractivity contribution is -0.162. The molecule has 0 spiro atoms. The van der Waals surface area contributed by atoms with E-state index in [1.165, 1.54) is 0 Å². The molecule has 0 saturated carbocycles. The van der Waals surface area contributed by atoms with E-state index >= 15 is 0 Å². The fourth-order valence-electron chi connectivity index (χ4n) is 1.28. The zero-order valence-corrected chi connectivity index (χ0v) is 9.85. The number of nitrogens with one attached hydrogen (secondary N) is 1. The molecule has 112 valence electrons. The van der Waals surface area contributed by atoms with Gasteiger partial charge in [-0.25, -0.2) is 0 Å². The van der Waals surface area contributed by atoms with E-state index in [1.54, 1.807) is 0 Å². The first-order valence-electron chi connectivity index (χ1n) is 5.22. The van der Waals surface area contributed by atoms with Crippen molar-refractivity contribution in [1.29, 1.82) is 5.41 Å². The molecule has 0 aliphatic carbocycles. The van der Waals surface area contributed by atoms with Crippen molar-refractivity contribution in [3.05, 3.63) is 29.8 Å². The molecule has 1 atom stereocenters. The molecule has 0 aliphatic rings. The molecular weight excluding hydrogens is 290 g/mol. The number of alkyl halides is 6. The zero-order valence-electron chi connectivity index (χ0n) is 9.85. The second kappa shape index (κ2) is 5.59. The van der Waals surface area contributed by atoms with Crippen molar-refractivity contribution in [2.45, 2.75) is 12.4 Å². The third-order valence-electron chi connectivity index (χ3n) is 2.37. The summed E-state index contributed by atoms with van der Waals surface area (Å²) < 4.78 is 78.8. The van der Waals surface area contributed by atoms with E-state index in [-0.39, 0.29) is 5.75 Å². The summed E-state index contributed by atoms with van der Waals surface area (Å²) in [6.07, 6.45) is -9.29. The molecule has 1 rings (SSSR count). The summed E-state index contributed by atoms with van der Waals surface area (Å²) in [4.78, 5) is 0. The van der Waals surface area contributed by atoms with Crippen LogP contribution in [0, 0.1) is 11.3 Å². The van der Waals surface area contributed by atoms with Gasteiger partial charge >= 0.3 is 12.4 Å². The Bertz CT molecular complexity index is 465. The van der Waals surface area contributed by atoms with Crippen molar-refractivity contribution in [2.75, 3.05) is 6.61 Å². The number of rotatable bonds is 4. The molecule has 0 heterocycles. The lowest BCUT2D eigenvalue weighted by Crippen LogP contribution is -2.39. The standard InChI is InChI=1S/C11H10F6N2O/c12-10(13,14)6-1-3-7(4-2-6)20-5-8(9(18)19)11(15,16)17/h1-4,8H,5H2,(H3,18,19). The second-order valence-corrected chi connectivity index (χ2v) is 3.88.